The van der Waals surface area contributed by atoms with Crippen LogP contribution < -0.4 is 9.64 Å². The van der Waals surface area contributed by atoms with Gasteiger partial charge in [-0.2, -0.15) is 5.10 Å². The van der Waals surface area contributed by atoms with Gasteiger partial charge in [-0.05, 0) is 36.8 Å². The van der Waals surface area contributed by atoms with Gasteiger partial charge in [0.1, 0.15) is 11.7 Å². The van der Waals surface area contributed by atoms with Crippen LogP contribution in [0.2, 0.25) is 10.0 Å². The number of halogens is 2. The number of piperazine rings is 1. The molecule has 0 spiro atoms. The van der Waals surface area contributed by atoms with Gasteiger partial charge in [-0.25, -0.2) is 9.67 Å². The van der Waals surface area contributed by atoms with Gasteiger partial charge in [-0.3, -0.25) is 4.79 Å². The molecule has 1 aromatic heterocycles. The van der Waals surface area contributed by atoms with E-state index in [9.17, 15) is 4.79 Å². The smallest absolute Gasteiger partial charge is 0.234 e. The third kappa shape index (κ3) is 4.14. The number of carbonyl (C=O) groups excluding carboxylic acids is 1. The molecule has 0 aliphatic carbocycles. The zero-order valence-electron chi connectivity index (χ0n) is 19.0. The Labute approximate surface area is 208 Å². The van der Waals surface area contributed by atoms with E-state index in [-0.39, 0.29) is 11.9 Å². The fraction of sp³-hybridized carbons (Fsp3) is 0.320. The predicted octanol–water partition coefficient (Wildman–Crippen LogP) is 4.86. The van der Waals surface area contributed by atoms with Crippen molar-refractivity contribution in [2.75, 3.05) is 38.2 Å². The molecule has 2 aliphatic rings. The van der Waals surface area contributed by atoms with Gasteiger partial charge >= 0.3 is 0 Å². The van der Waals surface area contributed by atoms with Gasteiger partial charge in [0.25, 0.3) is 0 Å². The van der Waals surface area contributed by atoms with E-state index in [1.807, 2.05) is 52.9 Å². The Bertz CT molecular complexity index is 1250. The van der Waals surface area contributed by atoms with E-state index in [1.165, 1.54) is 0 Å². The van der Waals surface area contributed by atoms with Crippen LogP contribution in [0.15, 0.2) is 59.7 Å². The van der Waals surface area contributed by atoms with Crippen LogP contribution in [0.1, 0.15) is 18.5 Å². The molecule has 2 aromatic carbocycles. The van der Waals surface area contributed by atoms with Gasteiger partial charge in [0.05, 0.1) is 29.4 Å². The second-order valence-electron chi connectivity index (χ2n) is 8.50. The molecule has 2 atom stereocenters. The van der Waals surface area contributed by atoms with Crippen molar-refractivity contribution in [1.29, 1.82) is 0 Å². The van der Waals surface area contributed by atoms with Gasteiger partial charge in [-0.15, -0.1) is 0 Å². The molecule has 9 heteroatoms. The summed E-state index contributed by atoms with van der Waals surface area (Å²) >= 11 is 12.5. The molecule has 3 aromatic rings. The summed E-state index contributed by atoms with van der Waals surface area (Å²) in [5.41, 5.74) is 2.74. The zero-order valence-corrected chi connectivity index (χ0v) is 20.5. The van der Waals surface area contributed by atoms with E-state index in [4.69, 9.17) is 27.9 Å². The number of methoxy groups -OCH3 is 1. The summed E-state index contributed by atoms with van der Waals surface area (Å²) in [4.78, 5) is 22.8. The van der Waals surface area contributed by atoms with Crippen molar-refractivity contribution in [3.63, 3.8) is 0 Å². The quantitative estimate of drug-likeness (QED) is 0.516. The maximum atomic E-state index is 13.9. The molecule has 0 N–H and O–H groups in total. The highest BCUT2D eigenvalue weighted by molar-refractivity contribution is 6.42. The highest BCUT2D eigenvalue weighted by Crippen LogP contribution is 2.39. The summed E-state index contributed by atoms with van der Waals surface area (Å²) in [6, 6.07) is 15.0. The summed E-state index contributed by atoms with van der Waals surface area (Å²) < 4.78 is 7.16. The Morgan fingerprint density at radius 3 is 2.56 bits per heavy atom. The van der Waals surface area contributed by atoms with E-state index < -0.39 is 5.92 Å². The monoisotopic (exact) mass is 497 g/mol. The Morgan fingerprint density at radius 1 is 1.03 bits per heavy atom. The molecule has 3 heterocycles. The average molecular weight is 498 g/mol. The van der Waals surface area contributed by atoms with Crippen LogP contribution in [-0.2, 0) is 4.79 Å². The van der Waals surface area contributed by atoms with E-state index in [1.54, 1.807) is 19.4 Å². The van der Waals surface area contributed by atoms with Crippen LogP contribution in [0, 0.1) is 5.92 Å². The molecule has 5 rings (SSSR count). The second kappa shape index (κ2) is 9.31. The topological polar surface area (TPSA) is 63.0 Å². The van der Waals surface area contributed by atoms with Crippen LogP contribution >= 0.6 is 23.2 Å². The van der Waals surface area contributed by atoms with Crippen molar-refractivity contribution < 1.29 is 9.53 Å². The lowest BCUT2D eigenvalue weighted by Crippen LogP contribution is -2.53. The van der Waals surface area contributed by atoms with Gasteiger partial charge in [0, 0.05) is 49.7 Å². The first kappa shape index (κ1) is 22.7. The molecule has 7 nitrogen and oxygen atoms in total. The normalized spacial score (nSPS) is 20.1. The standard InChI is InChI=1S/C25H25Cl2N5O2/c1-16-23(24(32-22(29-16)8-9-28-32)17-6-7-20(26)21(27)14-17)25(33)31-12-10-30(11-13-31)18-4-3-5-19(15-18)34-2/h3-9,14-15,23-24H,10-13H2,1-2H3. The van der Waals surface area contributed by atoms with Crippen molar-refractivity contribution in [3.8, 4) is 5.75 Å². The summed E-state index contributed by atoms with van der Waals surface area (Å²) in [5, 5.41) is 5.42. The van der Waals surface area contributed by atoms with E-state index in [0.717, 1.165) is 41.6 Å². The summed E-state index contributed by atoms with van der Waals surface area (Å²) in [6.07, 6.45) is 1.70. The Balaban J connectivity index is 1.40. The minimum absolute atomic E-state index is 0.0452. The molecule has 34 heavy (non-hydrogen) atoms. The molecule has 2 unspecified atom stereocenters. The minimum Gasteiger partial charge on any atom is -0.497 e. The molecule has 0 bridgehead atoms. The number of rotatable bonds is 4. The lowest BCUT2D eigenvalue weighted by Gasteiger charge is -2.40. The van der Waals surface area contributed by atoms with Crippen LogP contribution in [0.3, 0.4) is 0 Å². The van der Waals surface area contributed by atoms with E-state index in [0.29, 0.717) is 23.1 Å². The van der Waals surface area contributed by atoms with Crippen LogP contribution in [0.5, 0.6) is 5.75 Å². The maximum Gasteiger partial charge on any atom is 0.234 e. The highest BCUT2D eigenvalue weighted by Gasteiger charge is 2.41. The molecule has 0 saturated carbocycles. The number of anilines is 1. The summed E-state index contributed by atoms with van der Waals surface area (Å²) in [6.45, 7) is 4.65. The number of carbonyl (C=O) groups is 1. The van der Waals surface area contributed by atoms with Crippen LogP contribution in [-0.4, -0.2) is 59.6 Å². The number of amides is 1. The molecule has 1 amide bonds. The zero-order chi connectivity index (χ0) is 23.8. The summed E-state index contributed by atoms with van der Waals surface area (Å²) in [7, 11) is 1.67. The van der Waals surface area contributed by atoms with Gasteiger partial charge < -0.3 is 14.5 Å². The Kier molecular flexibility index (Phi) is 6.23. The number of hydrogen-bond acceptors (Lipinski definition) is 5. The van der Waals surface area contributed by atoms with Gasteiger partial charge in [-0.1, -0.05) is 35.3 Å². The SMILES string of the molecule is COc1cccc(N2CCN(C(=O)C3C(C)=Nc4ccnn4C3c3ccc(Cl)c(Cl)c3)CC2)c1. The van der Waals surface area contributed by atoms with Gasteiger partial charge in [0.2, 0.25) is 5.91 Å². The molecular weight excluding hydrogens is 473 g/mol. The second-order valence-corrected chi connectivity index (χ2v) is 9.31. The molecule has 176 valence electrons. The van der Waals surface area contributed by atoms with E-state index in [2.05, 4.69) is 21.1 Å². The number of aromatic nitrogens is 2. The average Bonchev–Trinajstić information content (AvgIpc) is 3.32. The first-order chi connectivity index (χ1) is 16.5. The van der Waals surface area contributed by atoms with Crippen molar-refractivity contribution in [2.45, 2.75) is 13.0 Å². The molecule has 2 aliphatic heterocycles. The Hall–Kier alpha value is -3.03. The fourth-order valence-electron chi connectivity index (χ4n) is 4.76. The maximum absolute atomic E-state index is 13.9. The van der Waals surface area contributed by atoms with Crippen molar-refractivity contribution in [3.05, 3.63) is 70.3 Å². The third-order valence-corrected chi connectivity index (χ3v) is 7.27. The number of ether oxygens (including phenoxy) is 1. The molecular formula is C25H25Cl2N5O2. The number of benzene rings is 2. The van der Waals surface area contributed by atoms with Crippen LogP contribution in [0.25, 0.3) is 0 Å². The predicted molar refractivity (Wildman–Crippen MR) is 135 cm³/mol. The highest BCUT2D eigenvalue weighted by atomic mass is 35.5. The number of nitrogens with zero attached hydrogens (tertiary/aromatic N) is 5. The number of hydrogen-bond donors (Lipinski definition) is 0. The lowest BCUT2D eigenvalue weighted by atomic mass is 9.87. The number of aliphatic imine (C=N–C) groups is 1. The fourth-order valence-corrected chi connectivity index (χ4v) is 5.07. The van der Waals surface area contributed by atoms with Crippen molar-refractivity contribution >= 4 is 46.3 Å². The van der Waals surface area contributed by atoms with Crippen molar-refractivity contribution in [2.24, 2.45) is 10.9 Å². The molecule has 1 fully saturated rings. The largest absolute Gasteiger partial charge is 0.497 e. The third-order valence-electron chi connectivity index (χ3n) is 6.53. The van der Waals surface area contributed by atoms with Crippen LogP contribution in [0.4, 0.5) is 11.5 Å². The number of fused-ring (bicyclic) bond motifs is 1. The Morgan fingerprint density at radius 2 is 1.82 bits per heavy atom. The van der Waals surface area contributed by atoms with E-state index >= 15 is 0 Å². The summed E-state index contributed by atoms with van der Waals surface area (Å²) in [5.74, 6) is 1.11. The van der Waals surface area contributed by atoms with Crippen molar-refractivity contribution in [1.82, 2.24) is 14.7 Å². The minimum atomic E-state index is -0.479. The molecule has 1 saturated heterocycles. The first-order valence-electron chi connectivity index (χ1n) is 11.2. The lowest BCUT2D eigenvalue weighted by molar-refractivity contribution is -0.134. The first-order valence-corrected chi connectivity index (χ1v) is 11.9. The molecule has 0 radical (unpaired) electrons. The van der Waals surface area contributed by atoms with Gasteiger partial charge in [0.15, 0.2) is 5.82 Å².